The molecule has 0 aromatic heterocycles. The third-order valence-corrected chi connectivity index (χ3v) is 2.66. The number of benzene rings is 2. The number of aliphatic carboxylic acids is 1. The van der Waals surface area contributed by atoms with Crippen LogP contribution in [0.2, 0.25) is 0 Å². The van der Waals surface area contributed by atoms with Crippen LogP contribution >= 0.6 is 0 Å². The fraction of sp³-hybridized carbons (Fsp3) is 0. The molecule has 2 aromatic rings. The minimum absolute atomic E-state index is 0.941. The maximum Gasteiger partial charge on any atom is 0.328 e. The van der Waals surface area contributed by atoms with E-state index in [-0.39, 0.29) is 0 Å². The lowest BCUT2D eigenvalue weighted by Gasteiger charge is -2.01. The van der Waals surface area contributed by atoms with E-state index in [2.05, 4.69) is 24.3 Å². The number of carboxylic acids is 1. The normalized spacial score (nSPS) is 11.2. The first kappa shape index (κ1) is 12.8. The van der Waals surface area contributed by atoms with Crippen molar-refractivity contribution in [2.75, 3.05) is 0 Å². The van der Waals surface area contributed by atoms with Crippen molar-refractivity contribution in [3.05, 3.63) is 78.4 Å². The first-order chi connectivity index (χ1) is 9.25. The van der Waals surface area contributed by atoms with E-state index < -0.39 is 5.97 Å². The summed E-state index contributed by atoms with van der Waals surface area (Å²) < 4.78 is 0. The van der Waals surface area contributed by atoms with Crippen molar-refractivity contribution in [1.29, 1.82) is 0 Å². The first-order valence-electron chi connectivity index (χ1n) is 5.99. The summed E-state index contributed by atoms with van der Waals surface area (Å²) in [4.78, 5) is 10.3. The predicted molar refractivity (Wildman–Crippen MR) is 77.7 cm³/mol. The molecule has 94 valence electrons. The monoisotopic (exact) mass is 250 g/mol. The van der Waals surface area contributed by atoms with Crippen molar-refractivity contribution in [1.82, 2.24) is 0 Å². The molecule has 0 amide bonds. The summed E-state index contributed by atoms with van der Waals surface area (Å²) in [6.45, 7) is 0. The van der Waals surface area contributed by atoms with E-state index in [1.807, 2.05) is 36.4 Å². The number of hydrogen-bond acceptors (Lipinski definition) is 1. The Balaban J connectivity index is 2.09. The molecule has 19 heavy (non-hydrogen) atoms. The second-order valence-electron chi connectivity index (χ2n) is 4.04. The Labute approximate surface area is 112 Å². The van der Waals surface area contributed by atoms with E-state index >= 15 is 0 Å². The van der Waals surface area contributed by atoms with Gasteiger partial charge in [0.15, 0.2) is 0 Å². The van der Waals surface area contributed by atoms with E-state index in [4.69, 9.17) is 5.11 Å². The zero-order chi connectivity index (χ0) is 13.5. The minimum atomic E-state index is -0.941. The van der Waals surface area contributed by atoms with Crippen LogP contribution in [0.3, 0.4) is 0 Å². The van der Waals surface area contributed by atoms with Crippen LogP contribution in [-0.4, -0.2) is 11.1 Å². The van der Waals surface area contributed by atoms with Crippen LogP contribution in [-0.2, 0) is 4.79 Å². The van der Waals surface area contributed by atoms with Gasteiger partial charge in [-0.3, -0.25) is 0 Å². The second-order valence-corrected chi connectivity index (χ2v) is 4.04. The van der Waals surface area contributed by atoms with Crippen LogP contribution in [0.25, 0.3) is 17.2 Å². The van der Waals surface area contributed by atoms with Crippen LogP contribution in [0.5, 0.6) is 0 Å². The van der Waals surface area contributed by atoms with Crippen molar-refractivity contribution in [2.45, 2.75) is 0 Å². The van der Waals surface area contributed by atoms with Crippen LogP contribution < -0.4 is 0 Å². The van der Waals surface area contributed by atoms with Crippen LogP contribution in [0.15, 0.2) is 72.8 Å². The van der Waals surface area contributed by atoms with Gasteiger partial charge < -0.3 is 5.11 Å². The summed E-state index contributed by atoms with van der Waals surface area (Å²) in [7, 11) is 0. The van der Waals surface area contributed by atoms with E-state index in [1.54, 1.807) is 6.08 Å². The number of carboxylic acid groups (broad SMARTS) is 1. The molecule has 2 nitrogen and oxygen atoms in total. The van der Waals surface area contributed by atoms with Gasteiger partial charge in [-0.2, -0.15) is 0 Å². The fourth-order valence-electron chi connectivity index (χ4n) is 1.72. The SMILES string of the molecule is O=C(O)/C=C/C=Cc1ccc(-c2ccccc2)cc1. The summed E-state index contributed by atoms with van der Waals surface area (Å²) in [5, 5.41) is 8.45. The van der Waals surface area contributed by atoms with Gasteiger partial charge in [0.2, 0.25) is 0 Å². The zero-order valence-corrected chi connectivity index (χ0v) is 10.4. The smallest absolute Gasteiger partial charge is 0.328 e. The van der Waals surface area contributed by atoms with Gasteiger partial charge in [0, 0.05) is 6.08 Å². The Morgan fingerprint density at radius 2 is 1.47 bits per heavy atom. The molecule has 1 N–H and O–H groups in total. The summed E-state index contributed by atoms with van der Waals surface area (Å²) in [5.74, 6) is -0.941. The predicted octanol–water partition coefficient (Wildman–Crippen LogP) is 4.01. The van der Waals surface area contributed by atoms with Crippen LogP contribution in [0.1, 0.15) is 5.56 Å². The highest BCUT2D eigenvalue weighted by atomic mass is 16.4. The lowest BCUT2D eigenvalue weighted by molar-refractivity contribution is -0.131. The Kier molecular flexibility index (Phi) is 4.29. The number of carbonyl (C=O) groups is 1. The molecule has 2 aromatic carbocycles. The van der Waals surface area contributed by atoms with Crippen molar-refractivity contribution in [3.63, 3.8) is 0 Å². The Bertz CT molecular complexity index is 593. The first-order valence-corrected chi connectivity index (χ1v) is 5.99. The molecule has 0 heterocycles. The van der Waals surface area contributed by atoms with Crippen LogP contribution in [0, 0.1) is 0 Å². The van der Waals surface area contributed by atoms with Gasteiger partial charge >= 0.3 is 5.97 Å². The van der Waals surface area contributed by atoms with Gasteiger partial charge in [-0.05, 0) is 16.7 Å². The lowest BCUT2D eigenvalue weighted by Crippen LogP contribution is -1.84. The molecule has 0 saturated heterocycles. The fourth-order valence-corrected chi connectivity index (χ4v) is 1.72. The molecule has 0 radical (unpaired) electrons. The summed E-state index contributed by atoms with van der Waals surface area (Å²) in [6, 6.07) is 18.3. The second kappa shape index (κ2) is 6.36. The third-order valence-electron chi connectivity index (χ3n) is 2.66. The number of rotatable bonds is 4. The molecule has 0 fully saturated rings. The molecule has 0 aliphatic carbocycles. The summed E-state index contributed by atoms with van der Waals surface area (Å²) >= 11 is 0. The molecule has 0 bridgehead atoms. The standard InChI is InChI=1S/C17H14O2/c18-17(19)9-5-4-6-14-10-12-16(13-11-14)15-7-2-1-3-8-15/h1-13H,(H,18,19)/b6-4?,9-5+. The molecular formula is C17H14O2. The lowest BCUT2D eigenvalue weighted by atomic mass is 10.0. The van der Waals surface area contributed by atoms with Crippen molar-refractivity contribution in [2.24, 2.45) is 0 Å². The summed E-state index contributed by atoms with van der Waals surface area (Å²) in [6.07, 6.45) is 6.20. The Hall–Kier alpha value is -2.61. The Morgan fingerprint density at radius 1 is 0.842 bits per heavy atom. The quantitative estimate of drug-likeness (QED) is 0.657. The topological polar surface area (TPSA) is 37.3 Å². The third kappa shape index (κ3) is 3.96. The molecule has 2 heteroatoms. The van der Waals surface area contributed by atoms with Crippen molar-refractivity contribution in [3.8, 4) is 11.1 Å². The summed E-state index contributed by atoms with van der Waals surface area (Å²) in [5.41, 5.74) is 3.39. The number of hydrogen-bond donors (Lipinski definition) is 1. The maximum absolute atomic E-state index is 10.3. The van der Waals surface area contributed by atoms with Gasteiger partial charge in [-0.1, -0.05) is 72.8 Å². The molecule has 0 spiro atoms. The maximum atomic E-state index is 10.3. The minimum Gasteiger partial charge on any atom is -0.478 e. The zero-order valence-electron chi connectivity index (χ0n) is 10.4. The van der Waals surface area contributed by atoms with E-state index in [9.17, 15) is 4.79 Å². The Morgan fingerprint density at radius 3 is 2.11 bits per heavy atom. The molecule has 0 aliphatic rings. The average molecular weight is 250 g/mol. The van der Waals surface area contributed by atoms with E-state index in [1.165, 1.54) is 17.2 Å². The molecular weight excluding hydrogens is 236 g/mol. The highest BCUT2D eigenvalue weighted by molar-refractivity contribution is 5.80. The van der Waals surface area contributed by atoms with Crippen molar-refractivity contribution >= 4 is 12.0 Å². The van der Waals surface area contributed by atoms with Gasteiger partial charge in [0.05, 0.1) is 0 Å². The average Bonchev–Trinajstić information content (AvgIpc) is 2.45. The molecule has 0 aliphatic heterocycles. The van der Waals surface area contributed by atoms with Gasteiger partial charge in [0.25, 0.3) is 0 Å². The van der Waals surface area contributed by atoms with Gasteiger partial charge in [0.1, 0.15) is 0 Å². The largest absolute Gasteiger partial charge is 0.478 e. The van der Waals surface area contributed by atoms with Crippen LogP contribution in [0.4, 0.5) is 0 Å². The molecule has 0 unspecified atom stereocenters. The number of allylic oxidation sites excluding steroid dienone is 2. The molecule has 0 saturated carbocycles. The van der Waals surface area contributed by atoms with Crippen molar-refractivity contribution < 1.29 is 9.90 Å². The van der Waals surface area contributed by atoms with Gasteiger partial charge in [-0.15, -0.1) is 0 Å². The van der Waals surface area contributed by atoms with Gasteiger partial charge in [-0.25, -0.2) is 4.79 Å². The molecule has 2 rings (SSSR count). The molecule has 0 atom stereocenters. The van der Waals surface area contributed by atoms with E-state index in [0.29, 0.717) is 0 Å². The highest BCUT2D eigenvalue weighted by Gasteiger charge is 1.95. The highest BCUT2D eigenvalue weighted by Crippen LogP contribution is 2.19. The van der Waals surface area contributed by atoms with E-state index in [0.717, 1.165) is 11.6 Å².